The highest BCUT2D eigenvalue weighted by molar-refractivity contribution is 6.29. The number of anilines is 1. The molecule has 0 aromatic carbocycles. The third kappa shape index (κ3) is 3.02. The van der Waals surface area contributed by atoms with Crippen molar-refractivity contribution in [1.29, 1.82) is 0 Å². The maximum atomic E-state index is 6.24. The molecule has 0 spiro atoms. The number of halogens is 1. The van der Waals surface area contributed by atoms with Crippen LogP contribution in [0.4, 0.5) is 5.82 Å². The molecule has 0 bridgehead atoms. The Morgan fingerprint density at radius 2 is 2.24 bits per heavy atom. The smallest absolute Gasteiger partial charge is 0.135 e. The number of hydrogen-bond donors (Lipinski definition) is 0. The van der Waals surface area contributed by atoms with Crippen LogP contribution in [-0.2, 0) is 4.74 Å². The van der Waals surface area contributed by atoms with E-state index in [0.717, 1.165) is 44.1 Å². The molecule has 1 saturated heterocycles. The molecule has 1 unspecified atom stereocenters. The largest absolute Gasteiger partial charge is 0.382 e. The van der Waals surface area contributed by atoms with E-state index in [-0.39, 0.29) is 5.54 Å². The average Bonchev–Trinajstić information content (AvgIpc) is 3.22. The van der Waals surface area contributed by atoms with E-state index < -0.39 is 0 Å². The highest BCUT2D eigenvalue weighted by Crippen LogP contribution is 2.41. The van der Waals surface area contributed by atoms with Crippen LogP contribution < -0.4 is 4.90 Å². The van der Waals surface area contributed by atoms with E-state index in [4.69, 9.17) is 21.3 Å². The minimum absolute atomic E-state index is 0.0714. The molecular weight excluding hydrogens is 286 g/mol. The van der Waals surface area contributed by atoms with Crippen molar-refractivity contribution >= 4 is 17.4 Å². The second-order valence-electron chi connectivity index (χ2n) is 6.34. The molecule has 0 radical (unpaired) electrons. The van der Waals surface area contributed by atoms with E-state index in [1.165, 1.54) is 19.3 Å². The molecule has 0 N–H and O–H groups in total. The fraction of sp³-hybridized carbons (Fsp3) is 0.750. The monoisotopic (exact) mass is 309 g/mol. The molecule has 1 aromatic rings. The number of methoxy groups -OCH3 is 1. The second kappa shape index (κ2) is 6.09. The summed E-state index contributed by atoms with van der Waals surface area (Å²) in [7, 11) is 1.79. The van der Waals surface area contributed by atoms with Gasteiger partial charge in [-0.25, -0.2) is 9.97 Å². The zero-order valence-electron chi connectivity index (χ0n) is 12.9. The van der Waals surface area contributed by atoms with E-state index in [0.29, 0.717) is 11.1 Å². The van der Waals surface area contributed by atoms with Gasteiger partial charge in [-0.3, -0.25) is 0 Å². The Morgan fingerprint density at radius 1 is 1.43 bits per heavy atom. The van der Waals surface area contributed by atoms with Crippen LogP contribution in [0.25, 0.3) is 0 Å². The van der Waals surface area contributed by atoms with Crippen molar-refractivity contribution in [1.82, 2.24) is 9.97 Å². The summed E-state index contributed by atoms with van der Waals surface area (Å²) >= 11 is 6.24. The van der Waals surface area contributed by atoms with Gasteiger partial charge in [0.25, 0.3) is 0 Å². The van der Waals surface area contributed by atoms with Gasteiger partial charge in [-0.15, -0.1) is 0 Å². The normalized spacial score (nSPS) is 25.6. The first-order valence-corrected chi connectivity index (χ1v) is 8.37. The van der Waals surface area contributed by atoms with Gasteiger partial charge in [-0.1, -0.05) is 24.9 Å². The van der Waals surface area contributed by atoms with Crippen LogP contribution in [0.15, 0.2) is 6.07 Å². The van der Waals surface area contributed by atoms with Gasteiger partial charge in [0.05, 0.1) is 12.1 Å². The lowest BCUT2D eigenvalue weighted by molar-refractivity contribution is 0.127. The molecule has 1 aliphatic carbocycles. The molecule has 21 heavy (non-hydrogen) atoms. The molecular formula is C16H24ClN3O. The van der Waals surface area contributed by atoms with Crippen LogP contribution in [0.2, 0.25) is 5.15 Å². The first-order chi connectivity index (χ1) is 10.2. The van der Waals surface area contributed by atoms with Gasteiger partial charge in [-0.2, -0.15) is 0 Å². The zero-order valence-corrected chi connectivity index (χ0v) is 13.7. The van der Waals surface area contributed by atoms with Crippen molar-refractivity contribution in [3.05, 3.63) is 17.0 Å². The summed E-state index contributed by atoms with van der Waals surface area (Å²) in [5, 5.41) is 0.566. The van der Waals surface area contributed by atoms with E-state index in [9.17, 15) is 0 Å². The van der Waals surface area contributed by atoms with Gasteiger partial charge in [0.15, 0.2) is 0 Å². The van der Waals surface area contributed by atoms with Crippen molar-refractivity contribution in [2.75, 3.05) is 25.2 Å². The lowest BCUT2D eigenvalue weighted by Crippen LogP contribution is -2.48. The molecule has 0 amide bonds. The second-order valence-corrected chi connectivity index (χ2v) is 6.73. The number of nitrogens with zero attached hydrogens (tertiary/aromatic N) is 3. The number of ether oxygens (including phenoxy) is 1. The summed E-state index contributed by atoms with van der Waals surface area (Å²) < 4.78 is 5.54. The van der Waals surface area contributed by atoms with Crippen LogP contribution in [0, 0.1) is 0 Å². The Balaban J connectivity index is 1.93. The zero-order chi connectivity index (χ0) is 14.9. The highest BCUT2D eigenvalue weighted by atomic mass is 35.5. The Labute approximate surface area is 131 Å². The Bertz CT molecular complexity index is 498. The van der Waals surface area contributed by atoms with Gasteiger partial charge in [-0.05, 0) is 32.1 Å². The molecule has 1 aliphatic heterocycles. The minimum Gasteiger partial charge on any atom is -0.382 e. The predicted molar refractivity (Wildman–Crippen MR) is 85.1 cm³/mol. The van der Waals surface area contributed by atoms with E-state index >= 15 is 0 Å². The highest BCUT2D eigenvalue weighted by Gasteiger charge is 2.41. The summed E-state index contributed by atoms with van der Waals surface area (Å²) in [6.07, 6.45) is 7.00. The molecule has 2 aliphatic rings. The quantitative estimate of drug-likeness (QED) is 0.749. The minimum atomic E-state index is 0.0714. The van der Waals surface area contributed by atoms with Crippen molar-refractivity contribution in [2.24, 2.45) is 0 Å². The third-order valence-electron chi connectivity index (χ3n) is 4.64. The van der Waals surface area contributed by atoms with Crippen molar-refractivity contribution in [3.63, 3.8) is 0 Å². The number of rotatable bonds is 6. The summed E-state index contributed by atoms with van der Waals surface area (Å²) in [6, 6.07) is 1.92. The molecule has 1 atom stereocenters. The molecule has 2 fully saturated rings. The molecule has 4 nitrogen and oxygen atoms in total. The van der Waals surface area contributed by atoms with Gasteiger partial charge in [0.1, 0.15) is 16.8 Å². The lowest BCUT2D eigenvalue weighted by atomic mass is 9.91. The number of aromatic nitrogens is 2. The molecule has 3 rings (SSSR count). The standard InChI is InChI=1S/C16H24ClN3O/c1-3-7-16(11-21-2)8-4-9-20(16)14-10-13(17)18-15(19-14)12-5-6-12/h10,12H,3-9,11H2,1-2H3. The first kappa shape index (κ1) is 15.0. The molecule has 116 valence electrons. The Morgan fingerprint density at radius 3 is 2.90 bits per heavy atom. The summed E-state index contributed by atoms with van der Waals surface area (Å²) in [5.41, 5.74) is 0.0714. The Kier molecular flexibility index (Phi) is 4.36. The lowest BCUT2D eigenvalue weighted by Gasteiger charge is -2.39. The molecule has 5 heteroatoms. The van der Waals surface area contributed by atoms with E-state index in [2.05, 4.69) is 16.8 Å². The fourth-order valence-electron chi connectivity index (χ4n) is 3.60. The molecule has 1 saturated carbocycles. The van der Waals surface area contributed by atoms with Crippen LogP contribution >= 0.6 is 11.6 Å². The predicted octanol–water partition coefficient (Wildman–Crippen LogP) is 3.79. The first-order valence-electron chi connectivity index (χ1n) is 7.99. The maximum Gasteiger partial charge on any atom is 0.135 e. The van der Waals surface area contributed by atoms with Crippen LogP contribution in [0.1, 0.15) is 57.2 Å². The van der Waals surface area contributed by atoms with E-state index in [1.807, 2.05) is 6.07 Å². The number of hydrogen-bond acceptors (Lipinski definition) is 4. The molecule has 1 aromatic heterocycles. The topological polar surface area (TPSA) is 38.2 Å². The van der Waals surface area contributed by atoms with Gasteiger partial charge in [0, 0.05) is 25.6 Å². The Hall–Kier alpha value is -0.870. The van der Waals surface area contributed by atoms with Gasteiger partial charge in [0.2, 0.25) is 0 Å². The average molecular weight is 310 g/mol. The molecule has 2 heterocycles. The van der Waals surface area contributed by atoms with Gasteiger partial charge < -0.3 is 9.64 Å². The van der Waals surface area contributed by atoms with Crippen molar-refractivity contribution < 1.29 is 4.74 Å². The van der Waals surface area contributed by atoms with Crippen molar-refractivity contribution in [3.8, 4) is 0 Å². The van der Waals surface area contributed by atoms with Crippen LogP contribution in [0.5, 0.6) is 0 Å². The third-order valence-corrected chi connectivity index (χ3v) is 4.84. The van der Waals surface area contributed by atoms with E-state index in [1.54, 1.807) is 7.11 Å². The van der Waals surface area contributed by atoms with Crippen molar-refractivity contribution in [2.45, 2.75) is 56.9 Å². The van der Waals surface area contributed by atoms with Gasteiger partial charge >= 0.3 is 0 Å². The summed E-state index contributed by atoms with van der Waals surface area (Å²) in [6.45, 7) is 4.01. The van der Waals surface area contributed by atoms with Crippen LogP contribution in [0.3, 0.4) is 0 Å². The maximum absolute atomic E-state index is 6.24. The summed E-state index contributed by atoms with van der Waals surface area (Å²) in [4.78, 5) is 11.6. The van der Waals surface area contributed by atoms with Crippen LogP contribution in [-0.4, -0.2) is 35.8 Å². The SMILES string of the molecule is CCCC1(COC)CCCN1c1cc(Cl)nc(C2CC2)n1. The summed E-state index contributed by atoms with van der Waals surface area (Å²) in [5.74, 6) is 2.43. The fourth-order valence-corrected chi connectivity index (χ4v) is 3.78.